The molecule has 8 nitrogen and oxygen atoms in total. The van der Waals surface area contributed by atoms with Crippen molar-refractivity contribution in [3.8, 4) is 0 Å². The summed E-state index contributed by atoms with van der Waals surface area (Å²) in [6.45, 7) is 3.74. The van der Waals surface area contributed by atoms with Gasteiger partial charge >= 0.3 is 19.8 Å². The summed E-state index contributed by atoms with van der Waals surface area (Å²) in [5.74, 6) is -0.864. The summed E-state index contributed by atoms with van der Waals surface area (Å²) in [6, 6.07) is 0. The zero-order valence-corrected chi connectivity index (χ0v) is 36.5. The lowest BCUT2D eigenvalue weighted by molar-refractivity contribution is -0.161. The molecule has 0 saturated heterocycles. The van der Waals surface area contributed by atoms with Crippen LogP contribution in [0.15, 0.2) is 0 Å². The van der Waals surface area contributed by atoms with Crippen molar-refractivity contribution < 1.29 is 37.9 Å². The van der Waals surface area contributed by atoms with E-state index >= 15 is 0 Å². The fraction of sp³-hybridized carbons (Fsp3) is 0.956. The Labute approximate surface area is 334 Å². The first-order valence-corrected chi connectivity index (χ1v) is 24.9. The number of hydrogen-bond donors (Lipinski definition) is 2. The standard InChI is InChI=1S/C45H89O8P/c1-3-5-7-9-11-13-15-17-19-21-22-23-24-26-28-30-32-34-36-38-40-45(47)53-43(42-52-54(48,49)50)41-51-44(46)39-37-35-33-31-29-27-25-20-18-16-14-12-10-8-6-4-2/h43H,3-42H2,1-2H3,(H2,48,49,50). The van der Waals surface area contributed by atoms with Crippen LogP contribution in [0.1, 0.15) is 258 Å². The molecular weight excluding hydrogens is 699 g/mol. The van der Waals surface area contributed by atoms with E-state index in [1.165, 1.54) is 193 Å². The molecule has 322 valence electrons. The van der Waals surface area contributed by atoms with Crippen LogP contribution in [0.2, 0.25) is 0 Å². The van der Waals surface area contributed by atoms with Crippen molar-refractivity contribution in [2.24, 2.45) is 0 Å². The van der Waals surface area contributed by atoms with E-state index in [9.17, 15) is 14.2 Å². The van der Waals surface area contributed by atoms with E-state index in [-0.39, 0.29) is 19.4 Å². The van der Waals surface area contributed by atoms with Gasteiger partial charge in [-0.2, -0.15) is 0 Å². The molecule has 1 atom stereocenters. The van der Waals surface area contributed by atoms with Gasteiger partial charge in [0.15, 0.2) is 6.10 Å². The average molecular weight is 789 g/mol. The molecule has 0 spiro atoms. The first-order chi connectivity index (χ1) is 26.3. The molecule has 1 unspecified atom stereocenters. The number of carbonyl (C=O) groups is 2. The van der Waals surface area contributed by atoms with Gasteiger partial charge in [0.2, 0.25) is 0 Å². The number of carbonyl (C=O) groups excluding carboxylic acids is 2. The van der Waals surface area contributed by atoms with Crippen LogP contribution in [-0.4, -0.2) is 41.0 Å². The second kappa shape index (κ2) is 41.7. The summed E-state index contributed by atoms with van der Waals surface area (Å²) < 4.78 is 26.5. The molecule has 0 fully saturated rings. The van der Waals surface area contributed by atoms with Crippen molar-refractivity contribution in [1.82, 2.24) is 0 Å². The minimum atomic E-state index is -4.75. The molecule has 0 aromatic carbocycles. The molecule has 0 aliphatic heterocycles. The Morgan fingerprint density at radius 2 is 0.667 bits per heavy atom. The predicted octanol–water partition coefficient (Wildman–Crippen LogP) is 14.4. The van der Waals surface area contributed by atoms with Gasteiger partial charge in [-0.25, -0.2) is 4.57 Å². The molecule has 54 heavy (non-hydrogen) atoms. The van der Waals surface area contributed by atoms with Gasteiger partial charge in [0.05, 0.1) is 6.61 Å². The van der Waals surface area contributed by atoms with E-state index in [2.05, 4.69) is 18.4 Å². The van der Waals surface area contributed by atoms with Crippen molar-refractivity contribution in [3.63, 3.8) is 0 Å². The minimum Gasteiger partial charge on any atom is -0.462 e. The first kappa shape index (κ1) is 53.0. The molecule has 0 saturated carbocycles. The van der Waals surface area contributed by atoms with Crippen molar-refractivity contribution >= 4 is 19.8 Å². The van der Waals surface area contributed by atoms with Gasteiger partial charge in [0, 0.05) is 12.8 Å². The van der Waals surface area contributed by atoms with E-state index < -0.39 is 32.5 Å². The van der Waals surface area contributed by atoms with Crippen molar-refractivity contribution in [2.45, 2.75) is 264 Å². The highest BCUT2D eigenvalue weighted by Gasteiger charge is 2.23. The molecule has 0 bridgehead atoms. The topological polar surface area (TPSA) is 119 Å². The van der Waals surface area contributed by atoms with Crippen LogP contribution < -0.4 is 0 Å². The predicted molar refractivity (Wildman–Crippen MR) is 226 cm³/mol. The van der Waals surface area contributed by atoms with Crippen LogP contribution in [0.5, 0.6) is 0 Å². The van der Waals surface area contributed by atoms with Crippen molar-refractivity contribution in [3.05, 3.63) is 0 Å². The largest absolute Gasteiger partial charge is 0.469 e. The van der Waals surface area contributed by atoms with Gasteiger partial charge in [-0.05, 0) is 12.8 Å². The highest BCUT2D eigenvalue weighted by Crippen LogP contribution is 2.36. The molecule has 0 amide bonds. The maximum absolute atomic E-state index is 12.4. The molecule has 0 aliphatic rings. The molecule has 2 N–H and O–H groups in total. The maximum Gasteiger partial charge on any atom is 0.469 e. The zero-order valence-electron chi connectivity index (χ0n) is 35.7. The average Bonchev–Trinajstić information content (AvgIpc) is 3.14. The number of unbranched alkanes of at least 4 members (excludes halogenated alkanes) is 34. The molecule has 0 rings (SSSR count). The molecule has 9 heteroatoms. The van der Waals surface area contributed by atoms with Gasteiger partial charge in [0.1, 0.15) is 6.61 Å². The molecular formula is C45H89O8P. The van der Waals surface area contributed by atoms with Gasteiger partial charge in [0.25, 0.3) is 0 Å². The summed E-state index contributed by atoms with van der Waals surface area (Å²) >= 11 is 0. The lowest BCUT2D eigenvalue weighted by Gasteiger charge is -2.18. The minimum absolute atomic E-state index is 0.221. The smallest absolute Gasteiger partial charge is 0.462 e. The van der Waals surface area contributed by atoms with Crippen LogP contribution in [0.25, 0.3) is 0 Å². The van der Waals surface area contributed by atoms with Gasteiger partial charge in [-0.1, -0.05) is 232 Å². The SMILES string of the molecule is CCCCCCCCCCCCCCCCCCCCCCC(=O)OC(COC(=O)CCCCCCCCCCCCCCCCCC)COP(=O)(O)O. The van der Waals surface area contributed by atoms with Crippen LogP contribution in [0, 0.1) is 0 Å². The third kappa shape index (κ3) is 43.8. The Morgan fingerprint density at radius 3 is 0.944 bits per heavy atom. The second-order valence-corrected chi connectivity index (χ2v) is 17.3. The van der Waals surface area contributed by atoms with Crippen LogP contribution in [0.3, 0.4) is 0 Å². The third-order valence-electron chi connectivity index (χ3n) is 10.6. The Balaban J connectivity index is 3.80. The lowest BCUT2D eigenvalue weighted by atomic mass is 10.0. The number of ether oxygens (including phenoxy) is 2. The second-order valence-electron chi connectivity index (χ2n) is 16.1. The highest BCUT2D eigenvalue weighted by molar-refractivity contribution is 7.46. The molecule has 0 aromatic rings. The van der Waals surface area contributed by atoms with Crippen molar-refractivity contribution in [1.29, 1.82) is 0 Å². The molecule has 0 heterocycles. The molecule has 0 aromatic heterocycles. The maximum atomic E-state index is 12.4. The number of hydrogen-bond acceptors (Lipinski definition) is 6. The summed E-state index contributed by atoms with van der Waals surface area (Å²) in [6.07, 6.45) is 45.4. The van der Waals surface area contributed by atoms with E-state index in [4.69, 9.17) is 19.3 Å². The van der Waals surface area contributed by atoms with Gasteiger partial charge in [-0.3, -0.25) is 14.1 Å². The zero-order chi connectivity index (χ0) is 39.6. The van der Waals surface area contributed by atoms with Crippen molar-refractivity contribution in [2.75, 3.05) is 13.2 Å². The Hall–Kier alpha value is -0.950. The number of rotatable bonds is 44. The van der Waals surface area contributed by atoms with Gasteiger partial charge < -0.3 is 19.3 Å². The number of esters is 2. The van der Waals surface area contributed by atoms with E-state index in [0.717, 1.165) is 32.1 Å². The van der Waals surface area contributed by atoms with E-state index in [1.54, 1.807) is 0 Å². The Morgan fingerprint density at radius 1 is 0.407 bits per heavy atom. The van der Waals surface area contributed by atoms with E-state index in [1.807, 2.05) is 0 Å². The Bertz CT molecular complexity index is 848. The number of phosphoric ester groups is 1. The van der Waals surface area contributed by atoms with Gasteiger partial charge in [-0.15, -0.1) is 0 Å². The van der Waals surface area contributed by atoms with Crippen LogP contribution in [-0.2, 0) is 28.2 Å². The third-order valence-corrected chi connectivity index (χ3v) is 11.1. The fourth-order valence-corrected chi connectivity index (χ4v) is 7.50. The lowest BCUT2D eigenvalue weighted by Crippen LogP contribution is -2.29. The fourth-order valence-electron chi connectivity index (χ4n) is 7.14. The monoisotopic (exact) mass is 789 g/mol. The number of phosphoric acid groups is 1. The van der Waals surface area contributed by atoms with Crippen LogP contribution >= 0.6 is 7.82 Å². The highest BCUT2D eigenvalue weighted by atomic mass is 31.2. The summed E-state index contributed by atoms with van der Waals surface area (Å²) in [7, 11) is -4.75. The summed E-state index contributed by atoms with van der Waals surface area (Å²) in [5, 5.41) is 0. The van der Waals surface area contributed by atoms with E-state index in [0.29, 0.717) is 6.42 Å². The summed E-state index contributed by atoms with van der Waals surface area (Å²) in [5.41, 5.74) is 0. The quantitative estimate of drug-likeness (QED) is 0.0356. The Kier molecular flexibility index (Phi) is 40.9. The summed E-state index contributed by atoms with van der Waals surface area (Å²) in [4.78, 5) is 43.0. The normalized spacial score (nSPS) is 12.3. The molecule has 0 radical (unpaired) electrons. The molecule has 0 aliphatic carbocycles. The first-order valence-electron chi connectivity index (χ1n) is 23.3. The van der Waals surface area contributed by atoms with Crippen LogP contribution in [0.4, 0.5) is 0 Å².